The van der Waals surface area contributed by atoms with Gasteiger partial charge in [-0.05, 0) is 141 Å². The number of cyclic esters (lactones) is 2. The Kier molecular flexibility index (Phi) is 22.7. The van der Waals surface area contributed by atoms with Gasteiger partial charge in [-0.15, -0.1) is 0 Å². The fraction of sp³-hybridized carbons (Fsp3) is 0.540. The number of ether oxygens (including phenoxy) is 6. The van der Waals surface area contributed by atoms with Crippen LogP contribution in [0.1, 0.15) is 122 Å². The molecule has 1 N–H and O–H groups in total. The van der Waals surface area contributed by atoms with Crippen LogP contribution in [0.4, 0.5) is 0 Å². The number of benzene rings is 3. The number of carbonyl (C=O) groups is 9. The first-order chi connectivity index (χ1) is 39.8. The quantitative estimate of drug-likeness (QED) is 0.202. The highest BCUT2D eigenvalue weighted by Gasteiger charge is 2.46. The Hall–Kier alpha value is -7.81. The largest absolute Gasteiger partial charge is 0.493 e. The molecule has 6 amide bonds. The van der Waals surface area contributed by atoms with E-state index < -0.39 is 114 Å². The van der Waals surface area contributed by atoms with Crippen LogP contribution in [0.2, 0.25) is 0 Å². The second kappa shape index (κ2) is 29.1. The van der Waals surface area contributed by atoms with E-state index >= 15 is 9.59 Å². The summed E-state index contributed by atoms with van der Waals surface area (Å²) in [5.74, 6) is -4.86. The molecule has 3 aromatic rings. The van der Waals surface area contributed by atoms with Crippen molar-refractivity contribution in [1.29, 1.82) is 0 Å². The van der Waals surface area contributed by atoms with Crippen molar-refractivity contribution in [2.75, 3.05) is 68.2 Å². The average molecular weight is 1170 g/mol. The zero-order valence-electron chi connectivity index (χ0n) is 50.7. The summed E-state index contributed by atoms with van der Waals surface area (Å²) >= 11 is 0. The van der Waals surface area contributed by atoms with Crippen molar-refractivity contribution < 1.29 is 71.6 Å². The van der Waals surface area contributed by atoms with Gasteiger partial charge in [0.05, 0.1) is 31.3 Å². The predicted octanol–water partition coefficient (Wildman–Crippen LogP) is 5.96. The van der Waals surface area contributed by atoms with Gasteiger partial charge in [0.15, 0.2) is 18.1 Å². The molecule has 84 heavy (non-hydrogen) atoms. The smallest absolute Gasteiger partial charge is 0.330 e. The van der Waals surface area contributed by atoms with Crippen molar-refractivity contribution in [2.24, 2.45) is 5.41 Å². The number of hydrogen-bond acceptors (Lipinski definition) is 15. The van der Waals surface area contributed by atoms with Gasteiger partial charge >= 0.3 is 11.9 Å². The number of piperidine rings is 1. The number of Topliss-reactive ketones (excluding diaryl/α,β-unsaturated/α-hetero) is 1. The van der Waals surface area contributed by atoms with Crippen LogP contribution in [0, 0.1) is 5.41 Å². The van der Waals surface area contributed by atoms with Gasteiger partial charge in [0.2, 0.25) is 29.4 Å². The van der Waals surface area contributed by atoms with Crippen molar-refractivity contribution in [2.45, 2.75) is 148 Å². The highest BCUT2D eigenvalue weighted by atomic mass is 16.5. The first kappa shape index (κ1) is 65.3. The summed E-state index contributed by atoms with van der Waals surface area (Å²) in [5.41, 5.74) is -0.525. The lowest BCUT2D eigenvalue weighted by molar-refractivity contribution is -0.165. The molecular formula is C63H84N6O15. The fourth-order valence-corrected chi connectivity index (χ4v) is 10.6. The van der Waals surface area contributed by atoms with Gasteiger partial charge in [-0.25, -0.2) is 9.59 Å². The second-order valence-electron chi connectivity index (χ2n) is 23.3. The van der Waals surface area contributed by atoms with Crippen molar-refractivity contribution >= 4 is 53.2 Å². The molecule has 6 rings (SSSR count). The minimum Gasteiger partial charge on any atom is -0.493 e. The number of hydrogen-bond donors (Lipinski definition) is 1. The predicted molar refractivity (Wildman–Crippen MR) is 310 cm³/mol. The fourth-order valence-electron chi connectivity index (χ4n) is 10.6. The molecule has 2 bridgehead atoms. The number of fused-ring (bicyclic) bond motifs is 4. The van der Waals surface area contributed by atoms with Crippen molar-refractivity contribution in [3.05, 3.63) is 102 Å². The SMILES string of the molecule is COc1ccc(CC[C@H]2OC(=O)[C@@H]3CCCCN3C(=O)C(=O)C(C)(C)COC(=O)/C=C\CCN(C)C(=O)[C@@H]3CCCN3C(=O)[C@H](C(C)OC(C)(C)C)N(C)C(=O)C(c3ccccc3)NC(=O)[C@H](C)N(C)C(=O)COc3cccc2c3)cc1OC. The summed E-state index contributed by atoms with van der Waals surface area (Å²) in [5, 5.41) is 2.85. The third kappa shape index (κ3) is 16.7. The van der Waals surface area contributed by atoms with E-state index in [4.69, 9.17) is 28.4 Å². The van der Waals surface area contributed by atoms with E-state index in [9.17, 15) is 33.6 Å². The number of nitrogens with zero attached hydrogens (tertiary/aromatic N) is 5. The number of carbonyl (C=O) groups excluding carboxylic acids is 9. The minimum absolute atomic E-state index is 0.104. The van der Waals surface area contributed by atoms with Gasteiger partial charge in [0, 0.05) is 46.9 Å². The lowest BCUT2D eigenvalue weighted by atomic mass is 9.87. The minimum atomic E-state index is -1.49. The maximum absolute atomic E-state index is 15.0. The number of likely N-dealkylation sites (N-methyl/N-ethyl adjacent to an activating group) is 3. The molecular weight excluding hydrogens is 1080 g/mol. The Morgan fingerprint density at radius 3 is 2.10 bits per heavy atom. The van der Waals surface area contributed by atoms with Crippen LogP contribution >= 0.6 is 0 Å². The molecule has 2 fully saturated rings. The van der Waals surface area contributed by atoms with Gasteiger partial charge in [0.25, 0.3) is 11.8 Å². The molecule has 2 unspecified atom stereocenters. The molecule has 456 valence electrons. The summed E-state index contributed by atoms with van der Waals surface area (Å²) in [6.07, 6.45) is 3.87. The van der Waals surface area contributed by atoms with Crippen molar-refractivity contribution in [3.63, 3.8) is 0 Å². The van der Waals surface area contributed by atoms with E-state index in [2.05, 4.69) is 5.32 Å². The molecule has 3 aromatic carbocycles. The first-order valence-electron chi connectivity index (χ1n) is 28.7. The molecule has 21 nitrogen and oxygen atoms in total. The summed E-state index contributed by atoms with van der Waals surface area (Å²) in [4.78, 5) is 135. The Morgan fingerprint density at radius 2 is 1.40 bits per heavy atom. The van der Waals surface area contributed by atoms with Gasteiger partial charge in [-0.1, -0.05) is 54.6 Å². The van der Waals surface area contributed by atoms with Crippen LogP contribution in [0.3, 0.4) is 0 Å². The summed E-state index contributed by atoms with van der Waals surface area (Å²) < 4.78 is 35.2. The molecule has 3 heterocycles. The molecule has 0 radical (unpaired) electrons. The van der Waals surface area contributed by atoms with Crippen LogP contribution in [-0.2, 0) is 63.8 Å². The molecule has 0 spiro atoms. The third-order valence-corrected chi connectivity index (χ3v) is 15.5. The zero-order chi connectivity index (χ0) is 61.6. The number of ketones is 1. The molecule has 2 saturated heterocycles. The normalized spacial score (nSPS) is 24.4. The van der Waals surface area contributed by atoms with Gasteiger partial charge in [-0.3, -0.25) is 33.6 Å². The topological polar surface area (TPSA) is 237 Å². The van der Waals surface area contributed by atoms with Crippen molar-refractivity contribution in [3.8, 4) is 17.2 Å². The van der Waals surface area contributed by atoms with Gasteiger partial charge in [0.1, 0.15) is 48.7 Å². The number of esters is 2. The Labute approximate surface area is 493 Å². The Balaban J connectivity index is 1.33. The third-order valence-electron chi connectivity index (χ3n) is 15.5. The van der Waals surface area contributed by atoms with E-state index in [0.29, 0.717) is 54.7 Å². The first-order valence-corrected chi connectivity index (χ1v) is 28.7. The molecule has 21 heteroatoms. The van der Waals surface area contributed by atoms with E-state index in [1.807, 2.05) is 32.9 Å². The van der Waals surface area contributed by atoms with Crippen LogP contribution in [0.25, 0.3) is 0 Å². The van der Waals surface area contributed by atoms with E-state index in [-0.39, 0.29) is 50.6 Å². The maximum atomic E-state index is 15.0. The van der Waals surface area contributed by atoms with Gasteiger partial charge < -0.3 is 58.2 Å². The Bertz CT molecular complexity index is 2890. The van der Waals surface area contributed by atoms with Crippen LogP contribution in [0.15, 0.2) is 84.9 Å². The van der Waals surface area contributed by atoms with E-state index in [0.717, 1.165) is 5.56 Å². The van der Waals surface area contributed by atoms with Gasteiger partial charge in [-0.2, -0.15) is 0 Å². The second-order valence-corrected chi connectivity index (χ2v) is 23.3. The van der Waals surface area contributed by atoms with Crippen LogP contribution in [-0.4, -0.2) is 182 Å². The zero-order valence-corrected chi connectivity index (χ0v) is 50.7. The standard InChI is InChI=1S/C63H84N6O15/c1-40-56(73)64-53(43-22-14-13-15-23-43)58(75)67(10)54(41(2)84-62(3,4)5)59(76)68-35-21-27-46(68)57(74)65(8)33-18-17-28-52(71)82-39-63(6,7)55(72)60(77)69-34-19-16-26-47(69)61(78)83-48(31-29-42-30-32-49(79-11)50(36-42)80-12)44-24-20-25-45(37-44)81-38-51(70)66(40)9/h13-15,17,20,22-25,28,30,32,36-37,40-41,46-48,53-54H,16,18-19,21,26-27,29,31,33-35,38-39H2,1-12H3,(H,64,73)/b28-17-/t40-,41?,46-,47-,48+,53?,54-/m0/s1. The number of aryl methyl sites for hydroxylation is 1. The summed E-state index contributed by atoms with van der Waals surface area (Å²) in [6, 6.07) is 14.9. The summed E-state index contributed by atoms with van der Waals surface area (Å²) in [6.45, 7) is 11.1. The molecule has 0 saturated carbocycles. The number of methoxy groups -OCH3 is 2. The van der Waals surface area contributed by atoms with Crippen LogP contribution < -0.4 is 19.5 Å². The summed E-state index contributed by atoms with van der Waals surface area (Å²) in [7, 11) is 7.53. The molecule has 3 aliphatic rings. The number of rotatable bonds is 8. The lowest BCUT2D eigenvalue weighted by Gasteiger charge is -2.40. The molecule has 0 aromatic heterocycles. The monoisotopic (exact) mass is 1160 g/mol. The highest BCUT2D eigenvalue weighted by molar-refractivity contribution is 6.38. The average Bonchev–Trinajstić information content (AvgIpc) is 4.17. The molecule has 0 aliphatic carbocycles. The maximum Gasteiger partial charge on any atom is 0.330 e. The Morgan fingerprint density at radius 1 is 0.726 bits per heavy atom. The van der Waals surface area contributed by atoms with Crippen LogP contribution in [0.5, 0.6) is 17.2 Å². The molecule has 7 atom stereocenters. The van der Waals surface area contributed by atoms with E-state index in [1.165, 1.54) is 85.7 Å². The van der Waals surface area contributed by atoms with Crippen molar-refractivity contribution in [1.82, 2.24) is 29.8 Å². The molecule has 3 aliphatic heterocycles. The van der Waals surface area contributed by atoms with E-state index in [1.54, 1.807) is 74.6 Å². The lowest BCUT2D eigenvalue weighted by Crippen LogP contribution is -2.60. The number of amides is 6. The number of nitrogens with one attached hydrogen (secondary N) is 1. The highest BCUT2D eigenvalue weighted by Crippen LogP contribution is 2.34.